The second-order valence-corrected chi connectivity index (χ2v) is 5.28. The molecule has 0 amide bonds. The molecule has 1 aliphatic carbocycles. The minimum absolute atomic E-state index is 0.473. The summed E-state index contributed by atoms with van der Waals surface area (Å²) in [6, 6.07) is 0. The molecule has 1 heterocycles. The van der Waals surface area contributed by atoms with E-state index >= 15 is 0 Å². The average Bonchev–Trinajstić information content (AvgIpc) is 2.67. The van der Waals surface area contributed by atoms with E-state index < -0.39 is 0 Å². The largest absolute Gasteiger partial charge is 0.382 e. The van der Waals surface area contributed by atoms with Gasteiger partial charge in [-0.25, -0.2) is 0 Å². The Labute approximate surface area is 104 Å². The third-order valence-corrected chi connectivity index (χ3v) is 4.08. The summed E-state index contributed by atoms with van der Waals surface area (Å²) in [5.41, 5.74) is 0.473. The van der Waals surface area contributed by atoms with Crippen molar-refractivity contribution >= 4 is 5.96 Å². The normalized spacial score (nSPS) is 22.2. The molecule has 0 aromatic rings. The van der Waals surface area contributed by atoms with Gasteiger partial charge in [-0.15, -0.1) is 0 Å². The topological polar surface area (TPSA) is 36.9 Å². The Hall–Kier alpha value is -0.770. The predicted molar refractivity (Wildman–Crippen MR) is 70.3 cm³/mol. The zero-order valence-corrected chi connectivity index (χ0v) is 11.2. The fraction of sp³-hybridized carbons (Fsp3) is 0.923. The Balaban J connectivity index is 1.75. The van der Waals surface area contributed by atoms with Gasteiger partial charge in [-0.05, 0) is 31.6 Å². The maximum absolute atomic E-state index is 5.49. The zero-order valence-electron chi connectivity index (χ0n) is 11.2. The lowest BCUT2D eigenvalue weighted by Gasteiger charge is -2.42. The van der Waals surface area contributed by atoms with E-state index in [9.17, 15) is 0 Å². The van der Waals surface area contributed by atoms with Crippen LogP contribution in [0.4, 0.5) is 0 Å². The molecule has 2 aliphatic rings. The lowest BCUT2D eigenvalue weighted by molar-refractivity contribution is 0.0570. The number of ether oxygens (including phenoxy) is 1. The van der Waals surface area contributed by atoms with E-state index in [1.807, 2.05) is 0 Å². The Morgan fingerprint density at radius 3 is 2.82 bits per heavy atom. The molecule has 98 valence electrons. The van der Waals surface area contributed by atoms with Gasteiger partial charge in [0.2, 0.25) is 0 Å². The maximum Gasteiger partial charge on any atom is 0.193 e. The van der Waals surface area contributed by atoms with Crippen LogP contribution < -0.4 is 5.32 Å². The molecule has 0 bridgehead atoms. The van der Waals surface area contributed by atoms with Crippen LogP contribution in [0.5, 0.6) is 0 Å². The molecular weight excluding hydrogens is 214 g/mol. The van der Waals surface area contributed by atoms with Crippen LogP contribution in [-0.2, 0) is 4.74 Å². The molecule has 4 nitrogen and oxygen atoms in total. The molecule has 0 saturated heterocycles. The molecule has 0 unspecified atom stereocenters. The first-order valence-electron chi connectivity index (χ1n) is 6.83. The smallest absolute Gasteiger partial charge is 0.193 e. The van der Waals surface area contributed by atoms with Crippen molar-refractivity contribution in [3.63, 3.8) is 0 Å². The van der Waals surface area contributed by atoms with E-state index in [0.717, 1.165) is 38.8 Å². The van der Waals surface area contributed by atoms with Crippen LogP contribution in [0.1, 0.15) is 32.6 Å². The van der Waals surface area contributed by atoms with Gasteiger partial charge >= 0.3 is 0 Å². The molecule has 0 atom stereocenters. The first kappa shape index (κ1) is 12.7. The van der Waals surface area contributed by atoms with Gasteiger partial charge in [0.25, 0.3) is 0 Å². The highest BCUT2D eigenvalue weighted by Gasteiger charge is 2.36. The summed E-state index contributed by atoms with van der Waals surface area (Å²) >= 11 is 0. The SMILES string of the molecule is CCOCCC1(CNC2=NCCN2C)CCC1. The van der Waals surface area contributed by atoms with Gasteiger partial charge in [0.1, 0.15) is 0 Å². The molecule has 1 N–H and O–H groups in total. The number of nitrogens with zero attached hydrogens (tertiary/aromatic N) is 2. The molecule has 1 fully saturated rings. The van der Waals surface area contributed by atoms with Gasteiger partial charge < -0.3 is 15.0 Å². The lowest BCUT2D eigenvalue weighted by atomic mass is 9.67. The second-order valence-electron chi connectivity index (χ2n) is 5.28. The molecule has 0 aromatic carbocycles. The number of rotatable bonds is 6. The lowest BCUT2D eigenvalue weighted by Crippen LogP contribution is -2.46. The summed E-state index contributed by atoms with van der Waals surface area (Å²) < 4.78 is 5.49. The average molecular weight is 239 g/mol. The summed E-state index contributed by atoms with van der Waals surface area (Å²) in [6.45, 7) is 6.84. The Morgan fingerprint density at radius 1 is 1.47 bits per heavy atom. The molecule has 2 rings (SSSR count). The fourth-order valence-electron chi connectivity index (χ4n) is 2.61. The number of guanidine groups is 1. The molecule has 1 aliphatic heterocycles. The summed E-state index contributed by atoms with van der Waals surface area (Å²) in [6.07, 6.45) is 5.23. The molecular formula is C13H25N3O. The number of likely N-dealkylation sites (N-methyl/N-ethyl adjacent to an activating group) is 1. The van der Waals surface area contributed by atoms with E-state index in [1.165, 1.54) is 25.7 Å². The van der Waals surface area contributed by atoms with Gasteiger partial charge in [-0.3, -0.25) is 4.99 Å². The monoisotopic (exact) mass is 239 g/mol. The number of nitrogens with one attached hydrogen (secondary N) is 1. The Kier molecular flexibility index (Phi) is 4.26. The van der Waals surface area contributed by atoms with E-state index in [0.29, 0.717) is 5.41 Å². The highest BCUT2D eigenvalue weighted by atomic mass is 16.5. The van der Waals surface area contributed by atoms with Crippen molar-refractivity contribution in [2.45, 2.75) is 32.6 Å². The molecule has 0 radical (unpaired) electrons. The quantitative estimate of drug-likeness (QED) is 0.713. The minimum atomic E-state index is 0.473. The molecule has 0 aromatic heterocycles. The number of hydrogen-bond acceptors (Lipinski definition) is 4. The third-order valence-electron chi connectivity index (χ3n) is 4.08. The standard InChI is InChI=1S/C13H25N3O/c1-3-17-10-7-13(5-4-6-13)11-15-12-14-8-9-16(12)2/h3-11H2,1-2H3,(H,14,15). The van der Waals surface area contributed by atoms with Gasteiger partial charge in [0.05, 0.1) is 6.54 Å². The third kappa shape index (κ3) is 3.12. The summed E-state index contributed by atoms with van der Waals surface area (Å²) in [4.78, 5) is 6.68. The minimum Gasteiger partial charge on any atom is -0.382 e. The molecule has 4 heteroatoms. The van der Waals surface area contributed by atoms with Crippen LogP contribution in [0.15, 0.2) is 4.99 Å². The second kappa shape index (κ2) is 5.71. The van der Waals surface area contributed by atoms with Crippen LogP contribution in [0.2, 0.25) is 0 Å². The van der Waals surface area contributed by atoms with Crippen molar-refractivity contribution in [3.8, 4) is 0 Å². The van der Waals surface area contributed by atoms with Crippen LogP contribution in [0.25, 0.3) is 0 Å². The van der Waals surface area contributed by atoms with Gasteiger partial charge in [-0.1, -0.05) is 6.42 Å². The van der Waals surface area contributed by atoms with E-state index in [1.54, 1.807) is 0 Å². The van der Waals surface area contributed by atoms with E-state index in [2.05, 4.69) is 29.2 Å². The van der Waals surface area contributed by atoms with E-state index in [-0.39, 0.29) is 0 Å². The van der Waals surface area contributed by atoms with E-state index in [4.69, 9.17) is 4.74 Å². The first-order chi connectivity index (χ1) is 8.26. The Morgan fingerprint density at radius 2 is 2.29 bits per heavy atom. The van der Waals surface area contributed by atoms with Crippen LogP contribution in [0, 0.1) is 5.41 Å². The van der Waals surface area contributed by atoms with Crippen LogP contribution >= 0.6 is 0 Å². The number of aliphatic imine (C=N–C) groups is 1. The predicted octanol–water partition coefficient (Wildman–Crippen LogP) is 1.47. The van der Waals surface area contributed by atoms with Crippen LogP contribution in [0.3, 0.4) is 0 Å². The van der Waals surface area contributed by atoms with Crippen LogP contribution in [-0.4, -0.2) is 50.8 Å². The van der Waals surface area contributed by atoms with Crippen molar-refractivity contribution in [1.82, 2.24) is 10.2 Å². The first-order valence-corrected chi connectivity index (χ1v) is 6.83. The Bertz CT molecular complexity index is 274. The maximum atomic E-state index is 5.49. The van der Waals surface area contributed by atoms with Crippen molar-refractivity contribution in [3.05, 3.63) is 0 Å². The molecule has 1 saturated carbocycles. The fourth-order valence-corrected chi connectivity index (χ4v) is 2.61. The van der Waals surface area contributed by atoms with Gasteiger partial charge in [0, 0.05) is 33.4 Å². The summed E-state index contributed by atoms with van der Waals surface area (Å²) in [7, 11) is 2.10. The molecule has 0 spiro atoms. The molecule has 17 heavy (non-hydrogen) atoms. The van der Waals surface area contributed by atoms with Crippen molar-refractivity contribution in [1.29, 1.82) is 0 Å². The van der Waals surface area contributed by atoms with Crippen molar-refractivity contribution < 1.29 is 4.74 Å². The van der Waals surface area contributed by atoms with Gasteiger partial charge in [-0.2, -0.15) is 0 Å². The highest BCUT2D eigenvalue weighted by molar-refractivity contribution is 5.81. The summed E-state index contributed by atoms with van der Waals surface area (Å²) in [5.74, 6) is 1.08. The zero-order chi connectivity index (χ0) is 12.1. The summed E-state index contributed by atoms with van der Waals surface area (Å²) in [5, 5.41) is 3.52. The van der Waals surface area contributed by atoms with Gasteiger partial charge in [0.15, 0.2) is 5.96 Å². The highest BCUT2D eigenvalue weighted by Crippen LogP contribution is 2.43. The van der Waals surface area contributed by atoms with Crippen molar-refractivity contribution in [2.24, 2.45) is 10.4 Å². The number of hydrogen-bond donors (Lipinski definition) is 1. The van der Waals surface area contributed by atoms with Crippen molar-refractivity contribution in [2.75, 3.05) is 39.9 Å².